The lowest BCUT2D eigenvalue weighted by molar-refractivity contribution is -0.121. The van der Waals surface area contributed by atoms with Gasteiger partial charge in [0.05, 0.1) is 24.1 Å². The molecule has 0 unspecified atom stereocenters. The lowest BCUT2D eigenvalue weighted by atomic mass is 10.1. The number of carbonyl (C=O) groups excluding carboxylic acids is 1. The van der Waals surface area contributed by atoms with E-state index >= 15 is 0 Å². The van der Waals surface area contributed by atoms with Crippen LogP contribution in [0, 0.1) is 11.3 Å². The van der Waals surface area contributed by atoms with Gasteiger partial charge in [-0.15, -0.1) is 36.6 Å². The first-order valence-corrected chi connectivity index (χ1v) is 11.5. The molecule has 0 saturated carbocycles. The molecule has 1 aliphatic rings. The van der Waals surface area contributed by atoms with E-state index in [0.29, 0.717) is 36.8 Å². The van der Waals surface area contributed by atoms with E-state index in [-0.39, 0.29) is 30.7 Å². The number of amides is 1. The molecule has 6 nitrogen and oxygen atoms in total. The number of rotatable bonds is 6. The molecule has 3 aromatic rings. The van der Waals surface area contributed by atoms with Gasteiger partial charge in [-0.1, -0.05) is 23.7 Å². The summed E-state index contributed by atoms with van der Waals surface area (Å²) in [4.78, 5) is 22.0. The summed E-state index contributed by atoms with van der Waals surface area (Å²) in [6, 6.07) is 15.5. The Morgan fingerprint density at radius 3 is 2.67 bits per heavy atom. The second kappa shape index (κ2) is 12.3. The zero-order chi connectivity index (χ0) is 21.8. The first-order chi connectivity index (χ1) is 15.1. The second-order valence-electron chi connectivity index (χ2n) is 7.40. The Labute approximate surface area is 215 Å². The second-order valence-corrected chi connectivity index (χ2v) is 8.68. The van der Waals surface area contributed by atoms with E-state index in [9.17, 15) is 10.1 Å². The van der Waals surface area contributed by atoms with Crippen molar-refractivity contribution in [1.82, 2.24) is 14.5 Å². The first kappa shape index (κ1) is 27.0. The van der Waals surface area contributed by atoms with Crippen LogP contribution in [0.4, 0.5) is 5.69 Å². The van der Waals surface area contributed by atoms with Crippen molar-refractivity contribution in [1.29, 1.82) is 5.26 Å². The third kappa shape index (κ3) is 6.44. The normalized spacial score (nSPS) is 13.7. The molecular weight excluding hydrogens is 501 g/mol. The number of halogens is 3. The molecule has 1 aliphatic heterocycles. The van der Waals surface area contributed by atoms with E-state index in [2.05, 4.69) is 26.6 Å². The van der Waals surface area contributed by atoms with Gasteiger partial charge in [-0.3, -0.25) is 9.69 Å². The number of hydrogen-bond donors (Lipinski definition) is 0. The molecule has 33 heavy (non-hydrogen) atoms. The summed E-state index contributed by atoms with van der Waals surface area (Å²) >= 11 is 7.65. The number of piperazine rings is 1. The predicted octanol–water partition coefficient (Wildman–Crippen LogP) is 4.87. The van der Waals surface area contributed by atoms with Crippen molar-refractivity contribution in [2.45, 2.75) is 18.0 Å². The van der Waals surface area contributed by atoms with E-state index in [1.165, 1.54) is 0 Å². The summed E-state index contributed by atoms with van der Waals surface area (Å²) in [5.41, 5.74) is 3.70. The quantitative estimate of drug-likeness (QED) is 0.430. The lowest BCUT2D eigenvalue weighted by Gasteiger charge is -2.34. The van der Waals surface area contributed by atoms with Crippen LogP contribution in [0.3, 0.4) is 0 Å². The fourth-order valence-electron chi connectivity index (χ4n) is 3.75. The highest BCUT2D eigenvalue weighted by Gasteiger charge is 2.25. The van der Waals surface area contributed by atoms with Crippen molar-refractivity contribution in [2.75, 3.05) is 30.8 Å². The maximum absolute atomic E-state index is 12.7. The Kier molecular flexibility index (Phi) is 10.1. The fraction of sp³-hybridized carbons (Fsp3) is 0.261. The van der Waals surface area contributed by atoms with E-state index in [0.717, 1.165) is 28.4 Å². The molecule has 0 spiro atoms. The molecular formula is C23H24Cl3N5OS. The highest BCUT2D eigenvalue weighted by atomic mass is 35.5. The van der Waals surface area contributed by atoms with E-state index < -0.39 is 0 Å². The lowest BCUT2D eigenvalue weighted by Crippen LogP contribution is -2.50. The van der Waals surface area contributed by atoms with Gasteiger partial charge in [-0.25, -0.2) is 4.98 Å². The number of hydrogen-bond acceptors (Lipinski definition) is 5. The number of nitrogens with zero attached hydrogens (tertiary/aromatic N) is 5. The topological polar surface area (TPSA) is 65.2 Å². The summed E-state index contributed by atoms with van der Waals surface area (Å²) in [5.74, 6) is 0.0660. The van der Waals surface area contributed by atoms with Gasteiger partial charge in [0.2, 0.25) is 5.91 Å². The molecule has 10 heteroatoms. The number of imidazole rings is 1. The SMILES string of the molecule is CSc1cc(Cn2cncc2CN2CCN(c3cccc(Cl)c3)C(=O)C2)ccc1C#N.Cl.Cl. The van der Waals surface area contributed by atoms with Gasteiger partial charge in [-0.2, -0.15) is 5.26 Å². The molecule has 0 radical (unpaired) electrons. The maximum atomic E-state index is 12.7. The third-order valence-corrected chi connectivity index (χ3v) is 6.36. The van der Waals surface area contributed by atoms with Gasteiger partial charge in [0.15, 0.2) is 0 Å². The van der Waals surface area contributed by atoms with Crippen LogP contribution in [0.1, 0.15) is 16.8 Å². The van der Waals surface area contributed by atoms with Crippen LogP contribution in [0.25, 0.3) is 0 Å². The molecule has 1 amide bonds. The Bertz CT molecular complexity index is 1150. The minimum Gasteiger partial charge on any atom is -0.329 e. The number of anilines is 1. The van der Waals surface area contributed by atoms with E-state index in [4.69, 9.17) is 11.6 Å². The van der Waals surface area contributed by atoms with Gasteiger partial charge < -0.3 is 9.47 Å². The predicted molar refractivity (Wildman–Crippen MR) is 138 cm³/mol. The third-order valence-electron chi connectivity index (χ3n) is 5.34. The molecule has 174 valence electrons. The maximum Gasteiger partial charge on any atom is 0.241 e. The summed E-state index contributed by atoms with van der Waals surface area (Å²) in [6.07, 6.45) is 5.64. The van der Waals surface area contributed by atoms with Gasteiger partial charge in [-0.05, 0) is 42.2 Å². The monoisotopic (exact) mass is 523 g/mol. The van der Waals surface area contributed by atoms with Gasteiger partial charge in [0.1, 0.15) is 6.07 Å². The Morgan fingerprint density at radius 1 is 1.15 bits per heavy atom. The molecule has 1 fully saturated rings. The number of thioether (sulfide) groups is 1. The number of carbonyl (C=O) groups is 1. The van der Waals surface area contributed by atoms with Crippen molar-refractivity contribution in [3.05, 3.63) is 76.8 Å². The molecule has 0 N–H and O–H groups in total. The van der Waals surface area contributed by atoms with Crippen molar-refractivity contribution in [3.8, 4) is 6.07 Å². The van der Waals surface area contributed by atoms with Crippen LogP contribution in [0.2, 0.25) is 5.02 Å². The zero-order valence-corrected chi connectivity index (χ0v) is 21.2. The largest absolute Gasteiger partial charge is 0.329 e. The molecule has 2 aromatic carbocycles. The summed E-state index contributed by atoms with van der Waals surface area (Å²) in [6.45, 7) is 3.08. The molecule has 2 heterocycles. The molecule has 0 aliphatic carbocycles. The average Bonchev–Trinajstić information content (AvgIpc) is 3.20. The fourth-order valence-corrected chi connectivity index (χ4v) is 4.54. The van der Waals surface area contributed by atoms with Gasteiger partial charge in [0, 0.05) is 48.0 Å². The van der Waals surface area contributed by atoms with E-state index in [1.807, 2.05) is 55.2 Å². The van der Waals surface area contributed by atoms with Crippen molar-refractivity contribution in [3.63, 3.8) is 0 Å². The molecule has 0 atom stereocenters. The highest BCUT2D eigenvalue weighted by molar-refractivity contribution is 7.98. The smallest absolute Gasteiger partial charge is 0.241 e. The Morgan fingerprint density at radius 2 is 1.97 bits per heavy atom. The summed E-state index contributed by atoms with van der Waals surface area (Å²) < 4.78 is 2.10. The zero-order valence-electron chi connectivity index (χ0n) is 18.0. The summed E-state index contributed by atoms with van der Waals surface area (Å²) in [5, 5.41) is 9.86. The molecule has 0 bridgehead atoms. The van der Waals surface area contributed by atoms with Crippen LogP contribution in [0.5, 0.6) is 0 Å². The van der Waals surface area contributed by atoms with E-state index in [1.54, 1.807) is 16.7 Å². The summed E-state index contributed by atoms with van der Waals surface area (Å²) in [7, 11) is 0. The minimum absolute atomic E-state index is 0. The molecule has 1 aromatic heterocycles. The van der Waals surface area contributed by atoms with Crippen LogP contribution >= 0.6 is 48.2 Å². The van der Waals surface area contributed by atoms with Crippen molar-refractivity contribution in [2.24, 2.45) is 0 Å². The van der Waals surface area contributed by atoms with Crippen LogP contribution < -0.4 is 4.90 Å². The highest BCUT2D eigenvalue weighted by Crippen LogP contribution is 2.23. The Balaban J connectivity index is 0.00000193. The van der Waals surface area contributed by atoms with Gasteiger partial charge >= 0.3 is 0 Å². The molecule has 4 rings (SSSR count). The van der Waals surface area contributed by atoms with Gasteiger partial charge in [0.25, 0.3) is 0 Å². The minimum atomic E-state index is 0. The first-order valence-electron chi connectivity index (χ1n) is 9.91. The van der Waals surface area contributed by atoms with Crippen LogP contribution in [-0.4, -0.2) is 46.2 Å². The molecule has 1 saturated heterocycles. The standard InChI is InChI=1S/C23H22ClN5OS.2ClH/c1-31-22-9-17(5-6-18(22)11-25)13-28-16-26-12-21(28)14-27-7-8-29(23(30)15-27)20-4-2-3-19(24)10-20;;/h2-6,9-10,12,16H,7-8,13-15H2,1H3;2*1H. The Hall–Kier alpha value is -2.21. The van der Waals surface area contributed by atoms with Crippen molar-refractivity contribution >= 4 is 59.8 Å². The van der Waals surface area contributed by atoms with Crippen LogP contribution in [0.15, 0.2) is 59.9 Å². The average molecular weight is 525 g/mol. The number of nitriles is 1. The number of benzene rings is 2. The van der Waals surface area contributed by atoms with Crippen LogP contribution in [-0.2, 0) is 17.9 Å². The van der Waals surface area contributed by atoms with Crippen molar-refractivity contribution < 1.29 is 4.79 Å². The number of aromatic nitrogens is 2.